The third-order valence-corrected chi connectivity index (χ3v) is 6.83. The van der Waals surface area contributed by atoms with Crippen molar-refractivity contribution in [1.29, 1.82) is 0 Å². The van der Waals surface area contributed by atoms with Gasteiger partial charge in [0.2, 0.25) is 0 Å². The molecule has 0 radical (unpaired) electrons. The Hall–Kier alpha value is -1.51. The molecule has 0 spiro atoms. The maximum atomic E-state index is 12.4. The minimum absolute atomic E-state index is 0.000445. The van der Waals surface area contributed by atoms with Gasteiger partial charge in [0.05, 0.1) is 0 Å². The van der Waals surface area contributed by atoms with Crippen LogP contribution in [-0.4, -0.2) is 18.6 Å². The molecule has 0 unspecified atom stereocenters. The highest BCUT2D eigenvalue weighted by atomic mass is 16.5. The average Bonchev–Trinajstić information content (AvgIpc) is 2.81. The number of hydrogen-bond donors (Lipinski definition) is 1. The third-order valence-electron chi connectivity index (χ3n) is 6.83. The molecule has 3 atom stereocenters. The highest BCUT2D eigenvalue weighted by molar-refractivity contribution is 5.78. The van der Waals surface area contributed by atoms with Crippen LogP contribution in [0.1, 0.15) is 51.2 Å². The smallest absolute Gasteiger partial charge is 0.258 e. The number of aryl methyl sites for hydroxylation is 2. The number of nitrogens with one attached hydrogen (secondary N) is 1. The fourth-order valence-corrected chi connectivity index (χ4v) is 4.66. The quantitative estimate of drug-likeness (QED) is 0.911. The van der Waals surface area contributed by atoms with E-state index in [4.69, 9.17) is 4.74 Å². The molecule has 126 valence electrons. The van der Waals surface area contributed by atoms with Crippen LogP contribution in [0.25, 0.3) is 0 Å². The van der Waals surface area contributed by atoms with Crippen LogP contribution in [-0.2, 0) is 4.79 Å². The summed E-state index contributed by atoms with van der Waals surface area (Å²) in [6.07, 6.45) is 3.63. The molecular formula is C20H29NO2. The van der Waals surface area contributed by atoms with E-state index in [0.29, 0.717) is 5.41 Å². The van der Waals surface area contributed by atoms with Gasteiger partial charge in [0, 0.05) is 6.04 Å². The van der Waals surface area contributed by atoms with Crippen LogP contribution in [0, 0.1) is 30.6 Å². The number of carbonyl (C=O) groups is 1. The lowest BCUT2D eigenvalue weighted by atomic mass is 9.69. The zero-order valence-corrected chi connectivity index (χ0v) is 15.0. The molecule has 2 saturated carbocycles. The van der Waals surface area contributed by atoms with E-state index in [1.807, 2.05) is 26.0 Å². The molecule has 1 N–H and O–H groups in total. The lowest BCUT2D eigenvalue weighted by Gasteiger charge is -2.39. The summed E-state index contributed by atoms with van der Waals surface area (Å²) in [6.45, 7) is 11.2. The second-order valence-electron chi connectivity index (χ2n) is 8.29. The highest BCUT2D eigenvalue weighted by Crippen LogP contribution is 2.65. The molecule has 1 amide bonds. The Morgan fingerprint density at radius 2 is 2.04 bits per heavy atom. The van der Waals surface area contributed by atoms with Crippen molar-refractivity contribution >= 4 is 5.91 Å². The van der Waals surface area contributed by atoms with E-state index in [0.717, 1.165) is 29.2 Å². The Morgan fingerprint density at radius 1 is 1.30 bits per heavy atom. The summed E-state index contributed by atoms with van der Waals surface area (Å²) in [6, 6.07) is 6.36. The zero-order chi connectivity index (χ0) is 16.8. The molecule has 0 heterocycles. The van der Waals surface area contributed by atoms with E-state index >= 15 is 0 Å². The van der Waals surface area contributed by atoms with Crippen molar-refractivity contribution in [1.82, 2.24) is 5.32 Å². The van der Waals surface area contributed by atoms with Gasteiger partial charge in [0.25, 0.3) is 5.91 Å². The first-order valence-corrected chi connectivity index (χ1v) is 8.73. The fourth-order valence-electron chi connectivity index (χ4n) is 4.66. The van der Waals surface area contributed by atoms with Crippen LogP contribution in [0.5, 0.6) is 5.75 Å². The summed E-state index contributed by atoms with van der Waals surface area (Å²) in [7, 11) is 0. The van der Waals surface area contributed by atoms with Crippen molar-refractivity contribution < 1.29 is 9.53 Å². The van der Waals surface area contributed by atoms with Gasteiger partial charge in [-0.05, 0) is 67.1 Å². The van der Waals surface area contributed by atoms with Crippen LogP contribution in [0.4, 0.5) is 0 Å². The van der Waals surface area contributed by atoms with Gasteiger partial charge in [-0.15, -0.1) is 0 Å². The van der Waals surface area contributed by atoms with E-state index in [2.05, 4.69) is 32.2 Å². The first kappa shape index (κ1) is 16.4. The molecule has 1 aromatic rings. The van der Waals surface area contributed by atoms with Gasteiger partial charge in [-0.2, -0.15) is 0 Å². The van der Waals surface area contributed by atoms with Crippen molar-refractivity contribution in [3.8, 4) is 5.75 Å². The highest BCUT2D eigenvalue weighted by Gasteiger charge is 2.61. The monoisotopic (exact) mass is 315 g/mol. The van der Waals surface area contributed by atoms with Gasteiger partial charge in [-0.3, -0.25) is 4.79 Å². The molecule has 23 heavy (non-hydrogen) atoms. The fraction of sp³-hybridized carbons (Fsp3) is 0.650. The van der Waals surface area contributed by atoms with Gasteiger partial charge in [-0.1, -0.05) is 32.9 Å². The first-order valence-electron chi connectivity index (χ1n) is 8.73. The van der Waals surface area contributed by atoms with Crippen molar-refractivity contribution in [2.24, 2.45) is 16.7 Å². The maximum absolute atomic E-state index is 12.4. The largest absolute Gasteiger partial charge is 0.483 e. The van der Waals surface area contributed by atoms with E-state index in [1.165, 1.54) is 12.8 Å². The number of ether oxygens (including phenoxy) is 1. The van der Waals surface area contributed by atoms with Crippen molar-refractivity contribution in [2.75, 3.05) is 6.61 Å². The van der Waals surface area contributed by atoms with Gasteiger partial charge in [0.15, 0.2) is 6.61 Å². The van der Waals surface area contributed by atoms with Gasteiger partial charge >= 0.3 is 0 Å². The molecule has 3 nitrogen and oxygen atoms in total. The molecule has 0 aliphatic heterocycles. The number of benzene rings is 1. The lowest BCUT2D eigenvalue weighted by molar-refractivity contribution is -0.124. The molecular weight excluding hydrogens is 286 g/mol. The van der Waals surface area contributed by atoms with E-state index in [9.17, 15) is 4.79 Å². The second-order valence-corrected chi connectivity index (χ2v) is 8.29. The molecule has 2 aliphatic rings. The summed E-state index contributed by atoms with van der Waals surface area (Å²) in [5.41, 5.74) is 2.75. The molecule has 2 aliphatic carbocycles. The minimum Gasteiger partial charge on any atom is -0.483 e. The van der Waals surface area contributed by atoms with Gasteiger partial charge in [-0.25, -0.2) is 0 Å². The van der Waals surface area contributed by atoms with E-state index in [-0.39, 0.29) is 24.0 Å². The molecule has 0 aromatic heterocycles. The van der Waals surface area contributed by atoms with Crippen LogP contribution in [0.3, 0.4) is 0 Å². The van der Waals surface area contributed by atoms with E-state index in [1.54, 1.807) is 0 Å². The summed E-state index contributed by atoms with van der Waals surface area (Å²) in [5.74, 6) is 1.54. The zero-order valence-electron chi connectivity index (χ0n) is 15.0. The lowest BCUT2D eigenvalue weighted by Crippen LogP contribution is -2.48. The Kier molecular flexibility index (Phi) is 3.94. The third kappa shape index (κ3) is 2.64. The number of fused-ring (bicyclic) bond motifs is 2. The predicted molar refractivity (Wildman–Crippen MR) is 92.6 cm³/mol. The summed E-state index contributed by atoms with van der Waals surface area (Å²) >= 11 is 0. The van der Waals surface area contributed by atoms with Crippen molar-refractivity contribution in [3.05, 3.63) is 29.3 Å². The SMILES string of the molecule is Cc1ccc(C)c(OCC(=O)N[C@H]2C[C@H]3CC[C@@]2(C)C3(C)C)c1. The molecule has 3 rings (SSSR count). The summed E-state index contributed by atoms with van der Waals surface area (Å²) in [5, 5.41) is 3.25. The Morgan fingerprint density at radius 3 is 2.65 bits per heavy atom. The number of carbonyl (C=O) groups excluding carboxylic acids is 1. The van der Waals surface area contributed by atoms with Crippen LogP contribution < -0.4 is 10.1 Å². The van der Waals surface area contributed by atoms with Crippen LogP contribution in [0.2, 0.25) is 0 Å². The van der Waals surface area contributed by atoms with Gasteiger partial charge in [0.1, 0.15) is 5.75 Å². The standard InChI is InChI=1S/C20H29NO2/c1-13-6-7-14(2)16(10-13)23-12-18(22)21-17-11-15-8-9-20(17,5)19(15,3)4/h6-7,10,15,17H,8-9,11-12H2,1-5H3,(H,21,22)/t15-,17+,20-/m1/s1. The second kappa shape index (κ2) is 5.54. The minimum atomic E-state index is 0.000445. The summed E-state index contributed by atoms with van der Waals surface area (Å²) in [4.78, 5) is 12.4. The van der Waals surface area contributed by atoms with Crippen molar-refractivity contribution in [2.45, 2.75) is 59.9 Å². The van der Waals surface area contributed by atoms with Gasteiger partial charge < -0.3 is 10.1 Å². The molecule has 1 aromatic carbocycles. The first-order chi connectivity index (χ1) is 10.7. The van der Waals surface area contributed by atoms with Crippen molar-refractivity contribution in [3.63, 3.8) is 0 Å². The number of rotatable bonds is 4. The van der Waals surface area contributed by atoms with Crippen LogP contribution in [0.15, 0.2) is 18.2 Å². The maximum Gasteiger partial charge on any atom is 0.258 e. The molecule has 0 saturated heterocycles. The topological polar surface area (TPSA) is 38.3 Å². The normalized spacial score (nSPS) is 31.2. The molecule has 2 bridgehead atoms. The Balaban J connectivity index is 1.60. The predicted octanol–water partition coefficient (Wildman–Crippen LogP) is 4.01. The van der Waals surface area contributed by atoms with E-state index < -0.39 is 0 Å². The number of amides is 1. The molecule has 2 fully saturated rings. The Labute approximate surface area is 139 Å². The summed E-state index contributed by atoms with van der Waals surface area (Å²) < 4.78 is 5.74. The van der Waals surface area contributed by atoms with Crippen LogP contribution >= 0.6 is 0 Å². The average molecular weight is 315 g/mol. The Bertz CT molecular complexity index is 622. The number of hydrogen-bond acceptors (Lipinski definition) is 2. The molecule has 3 heteroatoms.